The summed E-state index contributed by atoms with van der Waals surface area (Å²) in [6.07, 6.45) is 4.15. The second-order valence-electron chi connectivity index (χ2n) is 6.47. The zero-order valence-electron chi connectivity index (χ0n) is 15.4. The van der Waals surface area contributed by atoms with Crippen molar-refractivity contribution < 1.29 is 0 Å². The van der Waals surface area contributed by atoms with E-state index in [1.807, 2.05) is 13.0 Å². The van der Waals surface area contributed by atoms with E-state index in [1.54, 1.807) is 0 Å². The number of rotatable bonds is 5. The summed E-state index contributed by atoms with van der Waals surface area (Å²) in [5.74, 6) is 0.992. The lowest BCUT2D eigenvalue weighted by Crippen LogP contribution is -2.04. The lowest BCUT2D eigenvalue weighted by molar-refractivity contribution is 0.814. The van der Waals surface area contributed by atoms with Crippen LogP contribution in [-0.4, -0.2) is 9.55 Å². The summed E-state index contributed by atoms with van der Waals surface area (Å²) >= 11 is 0. The third kappa shape index (κ3) is 3.61. The zero-order chi connectivity index (χ0) is 18.5. The van der Waals surface area contributed by atoms with Crippen molar-refractivity contribution in [1.29, 1.82) is 0 Å². The van der Waals surface area contributed by atoms with Gasteiger partial charge in [0.05, 0.1) is 11.4 Å². The molecule has 0 aliphatic carbocycles. The second-order valence-corrected chi connectivity index (χ2v) is 6.47. The van der Waals surface area contributed by atoms with Crippen molar-refractivity contribution >= 4 is 6.08 Å². The Kier molecular flexibility index (Phi) is 4.97. The average molecular weight is 350 g/mol. The van der Waals surface area contributed by atoms with E-state index in [-0.39, 0.29) is 0 Å². The Hall–Kier alpha value is -3.39. The molecule has 1 aromatic heterocycles. The Morgan fingerprint density at radius 2 is 1.30 bits per heavy atom. The number of imidazole rings is 1. The molecule has 0 unspecified atom stereocenters. The van der Waals surface area contributed by atoms with Crippen LogP contribution in [-0.2, 0) is 6.54 Å². The van der Waals surface area contributed by atoms with Crippen LogP contribution in [0.2, 0.25) is 0 Å². The molecule has 3 aromatic carbocycles. The Balaban J connectivity index is 1.96. The smallest absolute Gasteiger partial charge is 0.141 e. The highest BCUT2D eigenvalue weighted by Crippen LogP contribution is 2.32. The summed E-state index contributed by atoms with van der Waals surface area (Å²) in [4.78, 5) is 5.02. The molecule has 0 spiro atoms. The van der Waals surface area contributed by atoms with Gasteiger partial charge in [0.15, 0.2) is 0 Å². The highest BCUT2D eigenvalue weighted by Gasteiger charge is 2.18. The average Bonchev–Trinajstić information content (AvgIpc) is 3.08. The Morgan fingerprint density at radius 3 is 1.89 bits per heavy atom. The fraction of sp³-hybridized carbons (Fsp3) is 0.0800. The van der Waals surface area contributed by atoms with Gasteiger partial charge in [0.2, 0.25) is 0 Å². The second kappa shape index (κ2) is 7.88. The van der Waals surface area contributed by atoms with E-state index in [1.165, 1.54) is 11.1 Å². The maximum Gasteiger partial charge on any atom is 0.141 e. The van der Waals surface area contributed by atoms with E-state index in [0.29, 0.717) is 0 Å². The molecule has 4 rings (SSSR count). The third-order valence-corrected chi connectivity index (χ3v) is 4.58. The molecule has 0 bridgehead atoms. The van der Waals surface area contributed by atoms with Crippen LogP contribution in [0.25, 0.3) is 28.7 Å². The summed E-state index contributed by atoms with van der Waals surface area (Å²) in [6.45, 7) is 2.81. The van der Waals surface area contributed by atoms with Gasteiger partial charge in [-0.25, -0.2) is 4.98 Å². The van der Waals surface area contributed by atoms with Gasteiger partial charge in [0, 0.05) is 17.7 Å². The molecular weight excluding hydrogens is 328 g/mol. The first-order chi connectivity index (χ1) is 13.4. The minimum Gasteiger partial charge on any atom is -0.319 e. The van der Waals surface area contributed by atoms with Crippen molar-refractivity contribution in [3.63, 3.8) is 0 Å². The minimum atomic E-state index is 0.778. The van der Waals surface area contributed by atoms with E-state index in [4.69, 9.17) is 4.98 Å². The van der Waals surface area contributed by atoms with Gasteiger partial charge in [0.1, 0.15) is 5.82 Å². The number of benzene rings is 3. The van der Waals surface area contributed by atoms with Crippen molar-refractivity contribution in [2.24, 2.45) is 0 Å². The largest absolute Gasteiger partial charge is 0.319 e. The maximum absolute atomic E-state index is 5.02. The van der Waals surface area contributed by atoms with E-state index in [0.717, 1.165) is 29.3 Å². The predicted octanol–water partition coefficient (Wildman–Crippen LogP) is 6.30. The SMILES string of the molecule is C/C=C/c1nc(-c2ccccc2)n(Cc2ccccc2)c1-c1ccccc1. The van der Waals surface area contributed by atoms with Crippen LogP contribution in [0.5, 0.6) is 0 Å². The molecule has 0 aliphatic heterocycles. The molecule has 2 nitrogen and oxygen atoms in total. The number of aromatic nitrogens is 2. The van der Waals surface area contributed by atoms with Crippen molar-refractivity contribution in [3.05, 3.63) is 108 Å². The monoisotopic (exact) mass is 350 g/mol. The lowest BCUT2D eigenvalue weighted by Gasteiger charge is -2.13. The highest BCUT2D eigenvalue weighted by molar-refractivity contribution is 5.75. The van der Waals surface area contributed by atoms with Gasteiger partial charge < -0.3 is 4.57 Å². The van der Waals surface area contributed by atoms with Crippen LogP contribution in [0.3, 0.4) is 0 Å². The minimum absolute atomic E-state index is 0.778. The van der Waals surface area contributed by atoms with Crippen molar-refractivity contribution in [2.45, 2.75) is 13.5 Å². The molecule has 4 aromatic rings. The molecule has 0 atom stereocenters. The zero-order valence-corrected chi connectivity index (χ0v) is 15.4. The molecule has 0 amide bonds. The topological polar surface area (TPSA) is 17.8 Å². The van der Waals surface area contributed by atoms with Crippen molar-refractivity contribution in [2.75, 3.05) is 0 Å². The third-order valence-electron chi connectivity index (χ3n) is 4.58. The van der Waals surface area contributed by atoms with Gasteiger partial charge in [-0.15, -0.1) is 0 Å². The summed E-state index contributed by atoms with van der Waals surface area (Å²) in [7, 11) is 0. The Bertz CT molecular complexity index is 1030. The summed E-state index contributed by atoms with van der Waals surface area (Å²) in [5, 5.41) is 0. The number of allylic oxidation sites excluding steroid dienone is 1. The fourth-order valence-corrected chi connectivity index (χ4v) is 3.37. The van der Waals surface area contributed by atoms with E-state index in [2.05, 4.69) is 102 Å². The van der Waals surface area contributed by atoms with Gasteiger partial charge in [-0.05, 0) is 18.6 Å². The molecule has 27 heavy (non-hydrogen) atoms. The molecule has 0 aliphatic rings. The molecule has 0 saturated heterocycles. The summed E-state index contributed by atoms with van der Waals surface area (Å²) in [6, 6.07) is 31.5. The molecule has 132 valence electrons. The normalized spacial score (nSPS) is 11.1. The van der Waals surface area contributed by atoms with Crippen LogP contribution in [0.1, 0.15) is 18.2 Å². The lowest BCUT2D eigenvalue weighted by atomic mass is 10.1. The van der Waals surface area contributed by atoms with Crippen LogP contribution in [0.15, 0.2) is 97.1 Å². The quantitative estimate of drug-likeness (QED) is 0.413. The number of hydrogen-bond acceptors (Lipinski definition) is 1. The van der Waals surface area contributed by atoms with Crippen molar-refractivity contribution in [1.82, 2.24) is 9.55 Å². The maximum atomic E-state index is 5.02. The molecular formula is C25H22N2. The number of hydrogen-bond donors (Lipinski definition) is 0. The fourth-order valence-electron chi connectivity index (χ4n) is 3.37. The van der Waals surface area contributed by atoms with E-state index < -0.39 is 0 Å². The van der Waals surface area contributed by atoms with Gasteiger partial charge in [-0.3, -0.25) is 0 Å². The van der Waals surface area contributed by atoms with Gasteiger partial charge in [-0.1, -0.05) is 97.1 Å². The van der Waals surface area contributed by atoms with E-state index in [9.17, 15) is 0 Å². The van der Waals surface area contributed by atoms with E-state index >= 15 is 0 Å². The Morgan fingerprint density at radius 1 is 0.741 bits per heavy atom. The van der Waals surface area contributed by atoms with Crippen LogP contribution in [0, 0.1) is 0 Å². The van der Waals surface area contributed by atoms with Crippen molar-refractivity contribution in [3.8, 4) is 22.6 Å². The first kappa shape index (κ1) is 17.0. The van der Waals surface area contributed by atoms with Gasteiger partial charge >= 0.3 is 0 Å². The first-order valence-corrected chi connectivity index (χ1v) is 9.25. The standard InChI is InChI=1S/C25H22N2/c1-2-12-23-24(21-15-8-4-9-16-21)27(19-20-13-6-3-7-14-20)25(26-23)22-17-10-5-11-18-22/h2-18H,19H2,1H3/b12-2+. The summed E-state index contributed by atoms with van der Waals surface area (Å²) < 4.78 is 2.33. The van der Waals surface area contributed by atoms with Crippen LogP contribution in [0.4, 0.5) is 0 Å². The van der Waals surface area contributed by atoms with Crippen LogP contribution < -0.4 is 0 Å². The molecule has 0 radical (unpaired) electrons. The molecule has 1 heterocycles. The molecule has 0 N–H and O–H groups in total. The highest BCUT2D eigenvalue weighted by atomic mass is 15.1. The Labute approximate surface area is 160 Å². The molecule has 0 saturated carbocycles. The van der Waals surface area contributed by atoms with Crippen LogP contribution >= 0.6 is 0 Å². The molecule has 0 fully saturated rings. The number of nitrogens with zero attached hydrogens (tertiary/aromatic N) is 2. The van der Waals surface area contributed by atoms with Gasteiger partial charge in [0.25, 0.3) is 0 Å². The first-order valence-electron chi connectivity index (χ1n) is 9.25. The van der Waals surface area contributed by atoms with Gasteiger partial charge in [-0.2, -0.15) is 0 Å². The summed E-state index contributed by atoms with van der Waals surface area (Å²) in [5.41, 5.74) is 5.71. The predicted molar refractivity (Wildman–Crippen MR) is 113 cm³/mol. The molecule has 2 heteroatoms.